The van der Waals surface area contributed by atoms with Gasteiger partial charge in [-0.25, -0.2) is 0 Å². The Kier molecular flexibility index (Phi) is 6.87. The van der Waals surface area contributed by atoms with E-state index in [2.05, 4.69) is 17.6 Å². The highest BCUT2D eigenvalue weighted by Crippen LogP contribution is 2.08. The van der Waals surface area contributed by atoms with E-state index in [9.17, 15) is 4.79 Å². The van der Waals surface area contributed by atoms with Crippen molar-refractivity contribution in [3.8, 4) is 0 Å². The largest absolute Gasteiger partial charge is 0.388 e. The van der Waals surface area contributed by atoms with E-state index in [0.29, 0.717) is 18.7 Å². The van der Waals surface area contributed by atoms with E-state index >= 15 is 0 Å². The molecule has 0 aromatic heterocycles. The predicted octanol–water partition coefficient (Wildman–Crippen LogP) is 2.27. The van der Waals surface area contributed by atoms with Crippen molar-refractivity contribution >= 4 is 11.6 Å². The Morgan fingerprint density at radius 1 is 1.22 bits per heavy atom. The molecule has 4 heteroatoms. The number of rotatable bonds is 8. The Morgan fingerprint density at radius 3 is 2.56 bits per heavy atom. The summed E-state index contributed by atoms with van der Waals surface area (Å²) in [4.78, 5) is 11.7. The quantitative estimate of drug-likeness (QED) is 0.696. The molecule has 100 valence electrons. The second-order valence-corrected chi connectivity index (χ2v) is 4.05. The molecule has 1 aromatic rings. The predicted molar refractivity (Wildman–Crippen MR) is 74.0 cm³/mol. The molecule has 2 N–H and O–H groups in total. The van der Waals surface area contributed by atoms with Crippen molar-refractivity contribution in [2.75, 3.05) is 32.1 Å². The molecule has 1 rings (SSSR count). The number of benzene rings is 1. The van der Waals surface area contributed by atoms with E-state index in [-0.39, 0.29) is 5.91 Å². The van der Waals surface area contributed by atoms with E-state index in [1.165, 1.54) is 0 Å². The van der Waals surface area contributed by atoms with Crippen LogP contribution in [-0.2, 0) is 4.74 Å². The second kappa shape index (κ2) is 8.53. The molecule has 18 heavy (non-hydrogen) atoms. The molecule has 0 fully saturated rings. The van der Waals surface area contributed by atoms with Gasteiger partial charge in [-0.15, -0.1) is 0 Å². The third-order valence-electron chi connectivity index (χ3n) is 2.61. The molecule has 0 spiro atoms. The SMILES string of the molecule is CCCCOCCNC(=O)c1ccc(NC)cc1. The molecular weight excluding hydrogens is 228 g/mol. The zero-order valence-electron chi connectivity index (χ0n) is 11.2. The van der Waals surface area contributed by atoms with Gasteiger partial charge in [0.2, 0.25) is 0 Å². The van der Waals surface area contributed by atoms with Crippen LogP contribution in [0.2, 0.25) is 0 Å². The maximum atomic E-state index is 11.7. The van der Waals surface area contributed by atoms with Gasteiger partial charge in [-0.2, -0.15) is 0 Å². The molecule has 0 aliphatic carbocycles. The maximum absolute atomic E-state index is 11.7. The van der Waals surface area contributed by atoms with Crippen molar-refractivity contribution in [2.45, 2.75) is 19.8 Å². The standard InChI is InChI=1S/C14H22N2O2/c1-3-4-10-18-11-9-16-14(17)12-5-7-13(15-2)8-6-12/h5-8,15H,3-4,9-11H2,1-2H3,(H,16,17). The second-order valence-electron chi connectivity index (χ2n) is 4.05. The Morgan fingerprint density at radius 2 is 1.94 bits per heavy atom. The van der Waals surface area contributed by atoms with Crippen molar-refractivity contribution in [3.63, 3.8) is 0 Å². The summed E-state index contributed by atoms with van der Waals surface area (Å²) in [6, 6.07) is 7.37. The molecule has 0 saturated heterocycles. The van der Waals surface area contributed by atoms with Crippen LogP contribution in [0.1, 0.15) is 30.1 Å². The van der Waals surface area contributed by atoms with Crippen LogP contribution in [0.25, 0.3) is 0 Å². The lowest BCUT2D eigenvalue weighted by molar-refractivity contribution is 0.0913. The van der Waals surface area contributed by atoms with Crippen LogP contribution in [0.15, 0.2) is 24.3 Å². The summed E-state index contributed by atoms with van der Waals surface area (Å²) < 4.78 is 5.37. The molecule has 0 radical (unpaired) electrons. The van der Waals surface area contributed by atoms with Crippen molar-refractivity contribution in [1.29, 1.82) is 0 Å². The van der Waals surface area contributed by atoms with Gasteiger partial charge in [0.1, 0.15) is 0 Å². The van der Waals surface area contributed by atoms with E-state index in [4.69, 9.17) is 4.74 Å². The number of hydrogen-bond donors (Lipinski definition) is 2. The number of ether oxygens (including phenoxy) is 1. The Labute approximate surface area is 109 Å². The number of carbonyl (C=O) groups excluding carboxylic acids is 1. The summed E-state index contributed by atoms with van der Waals surface area (Å²) in [5, 5.41) is 5.84. The lowest BCUT2D eigenvalue weighted by Crippen LogP contribution is -2.27. The topological polar surface area (TPSA) is 50.4 Å². The van der Waals surface area contributed by atoms with Gasteiger partial charge in [0.05, 0.1) is 6.61 Å². The molecule has 0 heterocycles. The first-order valence-electron chi connectivity index (χ1n) is 6.41. The molecule has 0 bridgehead atoms. The van der Waals surface area contributed by atoms with E-state index in [1.807, 2.05) is 19.2 Å². The molecule has 0 saturated carbocycles. The maximum Gasteiger partial charge on any atom is 0.251 e. The number of hydrogen-bond acceptors (Lipinski definition) is 3. The summed E-state index contributed by atoms with van der Waals surface area (Å²) in [5.41, 5.74) is 1.66. The highest BCUT2D eigenvalue weighted by Gasteiger charge is 2.03. The van der Waals surface area contributed by atoms with Gasteiger partial charge < -0.3 is 15.4 Å². The minimum Gasteiger partial charge on any atom is -0.388 e. The van der Waals surface area contributed by atoms with Crippen LogP contribution in [0, 0.1) is 0 Å². The number of amides is 1. The Balaban J connectivity index is 2.23. The van der Waals surface area contributed by atoms with Crippen LogP contribution in [0.3, 0.4) is 0 Å². The highest BCUT2D eigenvalue weighted by molar-refractivity contribution is 5.94. The van der Waals surface area contributed by atoms with Crippen molar-refractivity contribution < 1.29 is 9.53 Å². The summed E-state index contributed by atoms with van der Waals surface area (Å²) in [6.07, 6.45) is 2.20. The van der Waals surface area contributed by atoms with Crippen molar-refractivity contribution in [3.05, 3.63) is 29.8 Å². The van der Waals surface area contributed by atoms with Gasteiger partial charge in [-0.1, -0.05) is 13.3 Å². The molecule has 0 aliphatic heterocycles. The molecule has 4 nitrogen and oxygen atoms in total. The lowest BCUT2D eigenvalue weighted by Gasteiger charge is -2.07. The normalized spacial score (nSPS) is 10.1. The molecule has 0 unspecified atom stereocenters. The minimum atomic E-state index is -0.0586. The van der Waals surface area contributed by atoms with E-state index < -0.39 is 0 Å². The van der Waals surface area contributed by atoms with Gasteiger partial charge in [-0.3, -0.25) is 4.79 Å². The van der Waals surface area contributed by atoms with Crippen molar-refractivity contribution in [2.24, 2.45) is 0 Å². The summed E-state index contributed by atoms with van der Waals surface area (Å²) in [6.45, 7) is 4.01. The minimum absolute atomic E-state index is 0.0586. The first-order valence-corrected chi connectivity index (χ1v) is 6.41. The molecular formula is C14H22N2O2. The van der Waals surface area contributed by atoms with Gasteiger partial charge >= 0.3 is 0 Å². The first kappa shape index (κ1) is 14.5. The van der Waals surface area contributed by atoms with Crippen LogP contribution < -0.4 is 10.6 Å². The third-order valence-corrected chi connectivity index (χ3v) is 2.61. The third kappa shape index (κ3) is 5.19. The first-order chi connectivity index (χ1) is 8.77. The smallest absolute Gasteiger partial charge is 0.251 e. The van der Waals surface area contributed by atoms with Gasteiger partial charge in [0.25, 0.3) is 5.91 Å². The zero-order chi connectivity index (χ0) is 13.2. The number of nitrogens with one attached hydrogen (secondary N) is 2. The fourth-order valence-electron chi connectivity index (χ4n) is 1.48. The number of carbonyl (C=O) groups is 1. The van der Waals surface area contributed by atoms with Crippen LogP contribution in [0.5, 0.6) is 0 Å². The summed E-state index contributed by atoms with van der Waals surface area (Å²) in [7, 11) is 1.85. The van der Waals surface area contributed by atoms with E-state index in [1.54, 1.807) is 12.1 Å². The summed E-state index contributed by atoms with van der Waals surface area (Å²) in [5.74, 6) is -0.0586. The Hall–Kier alpha value is -1.55. The molecule has 0 aliphatic rings. The fraction of sp³-hybridized carbons (Fsp3) is 0.500. The molecule has 1 amide bonds. The van der Waals surface area contributed by atoms with E-state index in [0.717, 1.165) is 25.1 Å². The average molecular weight is 250 g/mol. The lowest BCUT2D eigenvalue weighted by atomic mass is 10.2. The number of unbranched alkanes of at least 4 members (excludes halogenated alkanes) is 1. The summed E-state index contributed by atoms with van der Waals surface area (Å²) >= 11 is 0. The zero-order valence-corrected chi connectivity index (χ0v) is 11.2. The van der Waals surface area contributed by atoms with Gasteiger partial charge in [-0.05, 0) is 30.7 Å². The Bertz CT molecular complexity index is 349. The van der Waals surface area contributed by atoms with Gasteiger partial charge in [0, 0.05) is 31.5 Å². The van der Waals surface area contributed by atoms with Crippen LogP contribution >= 0.6 is 0 Å². The van der Waals surface area contributed by atoms with Crippen LogP contribution in [-0.4, -0.2) is 32.7 Å². The van der Waals surface area contributed by atoms with Gasteiger partial charge in [0.15, 0.2) is 0 Å². The van der Waals surface area contributed by atoms with Crippen LogP contribution in [0.4, 0.5) is 5.69 Å². The number of anilines is 1. The molecule has 1 aromatic carbocycles. The van der Waals surface area contributed by atoms with Crippen molar-refractivity contribution in [1.82, 2.24) is 5.32 Å². The monoisotopic (exact) mass is 250 g/mol. The average Bonchev–Trinajstić information content (AvgIpc) is 2.42. The highest BCUT2D eigenvalue weighted by atomic mass is 16.5. The fourth-order valence-corrected chi connectivity index (χ4v) is 1.48. The molecule has 0 atom stereocenters.